The predicted molar refractivity (Wildman–Crippen MR) is 111 cm³/mol. The Morgan fingerprint density at radius 3 is 2.36 bits per heavy atom. The summed E-state index contributed by atoms with van der Waals surface area (Å²) in [5.74, 6) is 0.695. The van der Waals surface area contributed by atoms with Crippen LogP contribution in [-0.4, -0.2) is 36.4 Å². The number of thiophene rings is 1. The smallest absolute Gasteiger partial charge is 0.282 e. The second kappa shape index (κ2) is 7.80. The summed E-state index contributed by atoms with van der Waals surface area (Å²) < 4.78 is 5.72. The summed E-state index contributed by atoms with van der Waals surface area (Å²) in [6.45, 7) is 6.45. The first-order valence-corrected chi connectivity index (χ1v) is 10.6. The lowest BCUT2D eigenvalue weighted by molar-refractivity contribution is -0.120. The minimum absolute atomic E-state index is 0.230. The lowest BCUT2D eigenvalue weighted by Crippen LogP contribution is -2.34. The molecule has 0 radical (unpaired) electrons. The van der Waals surface area contributed by atoms with E-state index >= 15 is 0 Å². The minimum Gasteiger partial charge on any atom is -0.493 e. The molecule has 1 fully saturated rings. The number of rotatable bonds is 6. The number of nitrogens with zero attached hydrogens (tertiary/aromatic N) is 2. The highest BCUT2D eigenvalue weighted by molar-refractivity contribution is 7.11. The number of amides is 2. The number of hydrogen-bond donors (Lipinski definition) is 0. The van der Waals surface area contributed by atoms with Crippen LogP contribution in [0.3, 0.4) is 0 Å². The zero-order valence-corrected chi connectivity index (χ0v) is 17.0. The van der Waals surface area contributed by atoms with Gasteiger partial charge >= 0.3 is 0 Å². The van der Waals surface area contributed by atoms with E-state index in [2.05, 4.69) is 18.7 Å². The fourth-order valence-electron chi connectivity index (χ4n) is 3.58. The van der Waals surface area contributed by atoms with Crippen molar-refractivity contribution in [2.24, 2.45) is 5.92 Å². The molecule has 0 saturated carbocycles. The van der Waals surface area contributed by atoms with E-state index in [9.17, 15) is 9.59 Å². The molecule has 146 valence electrons. The topological polar surface area (TPSA) is 49.9 Å². The molecule has 2 aromatic rings. The van der Waals surface area contributed by atoms with E-state index in [4.69, 9.17) is 4.74 Å². The molecule has 2 aliphatic heterocycles. The number of imide groups is 1. The van der Waals surface area contributed by atoms with Gasteiger partial charge in [-0.05, 0) is 54.5 Å². The van der Waals surface area contributed by atoms with Gasteiger partial charge in [0.05, 0.1) is 17.9 Å². The van der Waals surface area contributed by atoms with Crippen molar-refractivity contribution >= 4 is 34.4 Å². The Morgan fingerprint density at radius 2 is 1.75 bits per heavy atom. The Labute approximate surface area is 169 Å². The Hall–Kier alpha value is -2.60. The minimum atomic E-state index is -0.245. The van der Waals surface area contributed by atoms with E-state index in [0.29, 0.717) is 29.5 Å². The highest BCUT2D eigenvalue weighted by atomic mass is 32.1. The maximum atomic E-state index is 13.3. The van der Waals surface area contributed by atoms with Crippen LogP contribution in [0, 0.1) is 5.92 Å². The Balaban J connectivity index is 1.65. The number of anilines is 1. The number of benzene rings is 1. The van der Waals surface area contributed by atoms with Crippen molar-refractivity contribution < 1.29 is 14.3 Å². The van der Waals surface area contributed by atoms with E-state index < -0.39 is 0 Å². The second-order valence-corrected chi connectivity index (χ2v) is 8.49. The molecule has 0 unspecified atom stereocenters. The van der Waals surface area contributed by atoms with Crippen LogP contribution in [0.15, 0.2) is 47.5 Å². The number of likely N-dealkylation sites (tertiary alicyclic amines) is 1. The molecule has 2 amide bonds. The van der Waals surface area contributed by atoms with Crippen molar-refractivity contribution in [3.05, 3.63) is 52.4 Å². The van der Waals surface area contributed by atoms with Crippen LogP contribution in [0.25, 0.3) is 5.57 Å². The largest absolute Gasteiger partial charge is 0.493 e. The van der Waals surface area contributed by atoms with Crippen molar-refractivity contribution in [2.45, 2.75) is 26.7 Å². The van der Waals surface area contributed by atoms with Crippen molar-refractivity contribution in [3.8, 4) is 5.75 Å². The lowest BCUT2D eigenvalue weighted by atomic mass is 10.2. The Bertz CT molecular complexity index is 894. The molecule has 1 aromatic heterocycles. The standard InChI is InChI=1S/C22H24N2O3S/c1-15(2)14-27-17-9-7-16(8-10-17)24-21(25)19(18-6-5-13-28-18)20(22(24)26)23-11-3-4-12-23/h5-10,13,15H,3-4,11-12,14H2,1-2H3. The van der Waals surface area contributed by atoms with Crippen molar-refractivity contribution in [1.82, 2.24) is 4.90 Å². The third-order valence-corrected chi connectivity index (χ3v) is 5.81. The van der Waals surface area contributed by atoms with Crippen molar-refractivity contribution in [3.63, 3.8) is 0 Å². The average Bonchev–Trinajstić information content (AvgIpc) is 3.42. The molecule has 0 bridgehead atoms. The van der Waals surface area contributed by atoms with E-state index in [-0.39, 0.29) is 11.8 Å². The molecule has 0 aliphatic carbocycles. The van der Waals surface area contributed by atoms with Gasteiger partial charge in [0.25, 0.3) is 11.8 Å². The first-order chi connectivity index (χ1) is 13.6. The molecule has 1 saturated heterocycles. The number of carbonyl (C=O) groups excluding carboxylic acids is 2. The molecular formula is C22H24N2O3S. The predicted octanol–water partition coefficient (Wildman–Crippen LogP) is 4.16. The van der Waals surface area contributed by atoms with E-state index in [1.807, 2.05) is 29.6 Å². The van der Waals surface area contributed by atoms with Crippen LogP contribution >= 0.6 is 11.3 Å². The van der Waals surface area contributed by atoms with E-state index in [1.54, 1.807) is 12.1 Å². The van der Waals surface area contributed by atoms with Crippen molar-refractivity contribution in [2.75, 3.05) is 24.6 Å². The fraction of sp³-hybridized carbons (Fsp3) is 0.364. The molecule has 0 atom stereocenters. The van der Waals surface area contributed by atoms with Crippen LogP contribution in [0.2, 0.25) is 0 Å². The van der Waals surface area contributed by atoms with E-state index in [1.165, 1.54) is 16.2 Å². The van der Waals surface area contributed by atoms with Gasteiger partial charge in [-0.2, -0.15) is 0 Å². The summed E-state index contributed by atoms with van der Waals surface area (Å²) in [6.07, 6.45) is 2.09. The molecule has 4 rings (SSSR count). The third kappa shape index (κ3) is 3.44. The Kier molecular flexibility index (Phi) is 5.22. The van der Waals surface area contributed by atoms with Crippen LogP contribution in [0.4, 0.5) is 5.69 Å². The Morgan fingerprint density at radius 1 is 1.04 bits per heavy atom. The maximum absolute atomic E-state index is 13.3. The van der Waals surface area contributed by atoms with E-state index in [0.717, 1.165) is 36.6 Å². The highest BCUT2D eigenvalue weighted by Crippen LogP contribution is 2.37. The summed E-state index contributed by atoms with van der Waals surface area (Å²) >= 11 is 1.49. The van der Waals surface area contributed by atoms with Crippen LogP contribution in [0.1, 0.15) is 31.6 Å². The van der Waals surface area contributed by atoms with Crippen LogP contribution in [-0.2, 0) is 9.59 Å². The molecule has 5 nitrogen and oxygen atoms in total. The zero-order valence-electron chi connectivity index (χ0n) is 16.2. The molecule has 1 aromatic carbocycles. The van der Waals surface area contributed by atoms with Gasteiger partial charge in [0, 0.05) is 18.0 Å². The van der Waals surface area contributed by atoms with Gasteiger partial charge in [-0.1, -0.05) is 19.9 Å². The third-order valence-electron chi connectivity index (χ3n) is 4.93. The van der Waals surface area contributed by atoms with Crippen molar-refractivity contribution in [1.29, 1.82) is 0 Å². The first kappa shape index (κ1) is 18.7. The molecule has 6 heteroatoms. The monoisotopic (exact) mass is 396 g/mol. The summed E-state index contributed by atoms with van der Waals surface area (Å²) in [5.41, 5.74) is 1.65. The molecule has 0 N–H and O–H groups in total. The number of ether oxygens (including phenoxy) is 1. The van der Waals surface area contributed by atoms with Gasteiger partial charge in [-0.3, -0.25) is 9.59 Å². The zero-order chi connectivity index (χ0) is 19.7. The van der Waals surface area contributed by atoms with Gasteiger partial charge in [-0.25, -0.2) is 4.90 Å². The molecule has 2 aliphatic rings. The SMILES string of the molecule is CC(C)COc1ccc(N2C(=O)C(c3cccs3)=C(N3CCCC3)C2=O)cc1. The summed E-state index contributed by atoms with van der Waals surface area (Å²) in [4.78, 5) is 30.8. The van der Waals surface area contributed by atoms with Gasteiger partial charge in [0.1, 0.15) is 11.4 Å². The molecular weight excluding hydrogens is 372 g/mol. The quantitative estimate of drug-likeness (QED) is 0.688. The molecule has 28 heavy (non-hydrogen) atoms. The first-order valence-electron chi connectivity index (χ1n) is 9.71. The summed E-state index contributed by atoms with van der Waals surface area (Å²) in [7, 11) is 0. The highest BCUT2D eigenvalue weighted by Gasteiger charge is 2.43. The van der Waals surface area contributed by atoms with Gasteiger partial charge < -0.3 is 9.64 Å². The van der Waals surface area contributed by atoms with Gasteiger partial charge in [0.15, 0.2) is 0 Å². The molecule has 3 heterocycles. The molecule has 0 spiro atoms. The number of carbonyl (C=O) groups is 2. The number of hydrogen-bond acceptors (Lipinski definition) is 5. The van der Waals surface area contributed by atoms with Gasteiger partial charge in [0.2, 0.25) is 0 Å². The summed E-state index contributed by atoms with van der Waals surface area (Å²) in [6, 6.07) is 11.0. The second-order valence-electron chi connectivity index (χ2n) is 7.54. The normalized spacial score (nSPS) is 17.4. The maximum Gasteiger partial charge on any atom is 0.282 e. The summed E-state index contributed by atoms with van der Waals surface area (Å²) in [5, 5.41) is 1.94. The van der Waals surface area contributed by atoms with Crippen LogP contribution in [0.5, 0.6) is 5.75 Å². The average molecular weight is 397 g/mol. The van der Waals surface area contributed by atoms with Gasteiger partial charge in [-0.15, -0.1) is 11.3 Å². The lowest BCUT2D eigenvalue weighted by Gasteiger charge is -2.20. The fourth-order valence-corrected chi connectivity index (χ4v) is 4.35. The van der Waals surface area contributed by atoms with Crippen LogP contribution < -0.4 is 9.64 Å².